The second-order valence-corrected chi connectivity index (χ2v) is 7.00. The van der Waals surface area contributed by atoms with Crippen LogP contribution in [0.3, 0.4) is 0 Å². The van der Waals surface area contributed by atoms with Crippen molar-refractivity contribution in [1.29, 1.82) is 0 Å². The fraction of sp³-hybridized carbons (Fsp3) is 0.647. The average Bonchev–Trinajstić information content (AvgIpc) is 2.35. The third-order valence-electron chi connectivity index (χ3n) is 5.22. The van der Waals surface area contributed by atoms with Gasteiger partial charge in [-0.25, -0.2) is 8.78 Å². The largest absolute Gasteiger partial charge is 0.426 e. The minimum Gasteiger partial charge on any atom is -0.426 e. The van der Waals surface area contributed by atoms with Crippen molar-refractivity contribution >= 4 is 12.4 Å². The summed E-state index contributed by atoms with van der Waals surface area (Å²) < 4.78 is 32.9. The van der Waals surface area contributed by atoms with Crippen LogP contribution in [0.15, 0.2) is 18.2 Å². The van der Waals surface area contributed by atoms with E-state index in [1.807, 2.05) is 20.7 Å². The smallest absolute Gasteiger partial charge is 0.324 e. The summed E-state index contributed by atoms with van der Waals surface area (Å²) in [4.78, 5) is 0. The molecule has 21 heavy (non-hydrogen) atoms. The van der Waals surface area contributed by atoms with E-state index in [0.717, 1.165) is 12.5 Å². The van der Waals surface area contributed by atoms with Gasteiger partial charge in [-0.05, 0) is 42.8 Å². The van der Waals surface area contributed by atoms with Gasteiger partial charge in [0.2, 0.25) is 0 Å². The Morgan fingerprint density at radius 1 is 1.10 bits per heavy atom. The predicted octanol–water partition coefficient (Wildman–Crippen LogP) is 4.66. The number of hydrogen-bond acceptors (Lipinski definition) is 1. The molecule has 118 valence electrons. The Hall–Kier alpha value is -0.895. The van der Waals surface area contributed by atoms with Gasteiger partial charge in [0.1, 0.15) is 11.6 Å². The molecule has 4 heteroatoms. The molecule has 0 N–H and O–H groups in total. The summed E-state index contributed by atoms with van der Waals surface area (Å²) >= 11 is 0. The minimum atomic E-state index is -0.570. The Labute approximate surface area is 128 Å². The van der Waals surface area contributed by atoms with Gasteiger partial charge in [0.05, 0.1) is 5.60 Å². The van der Waals surface area contributed by atoms with Crippen molar-refractivity contribution in [3.05, 3.63) is 29.8 Å². The molecule has 0 saturated heterocycles. The molecule has 1 aromatic carbocycles. The molecule has 1 nitrogen and oxygen atoms in total. The van der Waals surface area contributed by atoms with Gasteiger partial charge in [-0.15, -0.1) is 0 Å². The van der Waals surface area contributed by atoms with Crippen molar-refractivity contribution in [3.8, 4) is 0 Å². The highest BCUT2D eigenvalue weighted by molar-refractivity contribution is 6.66. The zero-order valence-corrected chi connectivity index (χ0v) is 14.3. The van der Waals surface area contributed by atoms with Crippen LogP contribution in [0.1, 0.15) is 48.0 Å². The van der Waals surface area contributed by atoms with Crippen molar-refractivity contribution in [3.63, 3.8) is 0 Å². The van der Waals surface area contributed by atoms with Gasteiger partial charge in [-0.1, -0.05) is 40.9 Å². The van der Waals surface area contributed by atoms with Crippen molar-refractivity contribution in [2.24, 2.45) is 11.3 Å². The first-order chi connectivity index (χ1) is 9.51. The van der Waals surface area contributed by atoms with Gasteiger partial charge < -0.3 is 4.65 Å². The maximum Gasteiger partial charge on any atom is 0.324 e. The third-order valence-corrected chi connectivity index (χ3v) is 5.22. The van der Waals surface area contributed by atoms with Crippen LogP contribution in [0.25, 0.3) is 0 Å². The maximum absolute atomic E-state index is 13.3. The minimum absolute atomic E-state index is 0.0537. The monoisotopic (exact) mass is 296 g/mol. The molecule has 0 fully saturated rings. The number of rotatable bonds is 6. The highest BCUT2D eigenvalue weighted by atomic mass is 19.1. The number of benzene rings is 1. The van der Waals surface area contributed by atoms with Crippen LogP contribution in [0.2, 0.25) is 6.82 Å². The van der Waals surface area contributed by atoms with Crippen molar-refractivity contribution in [1.82, 2.24) is 0 Å². The second kappa shape index (κ2) is 6.47. The van der Waals surface area contributed by atoms with Gasteiger partial charge >= 0.3 is 6.92 Å². The molecule has 0 aliphatic heterocycles. The predicted molar refractivity (Wildman–Crippen MR) is 86.0 cm³/mol. The molecule has 0 aliphatic carbocycles. The van der Waals surface area contributed by atoms with Crippen molar-refractivity contribution in [2.75, 3.05) is 0 Å². The van der Waals surface area contributed by atoms with E-state index >= 15 is 0 Å². The SMILES string of the molecule is CCC(C)C(C)(C)C(C)(C)OB(C)c1cc(F)cc(F)c1. The van der Waals surface area contributed by atoms with E-state index in [-0.39, 0.29) is 12.3 Å². The lowest BCUT2D eigenvalue weighted by Crippen LogP contribution is -2.50. The van der Waals surface area contributed by atoms with E-state index in [4.69, 9.17) is 4.65 Å². The van der Waals surface area contributed by atoms with Crippen LogP contribution in [0.5, 0.6) is 0 Å². The van der Waals surface area contributed by atoms with Crippen LogP contribution < -0.4 is 5.46 Å². The summed E-state index contributed by atoms with van der Waals surface area (Å²) in [7, 11) is 0. The fourth-order valence-electron chi connectivity index (χ4n) is 2.58. The zero-order chi connectivity index (χ0) is 16.4. The first-order valence-electron chi connectivity index (χ1n) is 7.65. The molecule has 0 amide bonds. The molecule has 1 rings (SSSR count). The second-order valence-electron chi connectivity index (χ2n) is 7.00. The lowest BCUT2D eigenvalue weighted by Gasteiger charge is -2.47. The Balaban J connectivity index is 2.97. The van der Waals surface area contributed by atoms with E-state index in [0.29, 0.717) is 11.4 Å². The molecule has 0 aliphatic rings. The lowest BCUT2D eigenvalue weighted by atomic mass is 9.60. The number of halogens is 2. The number of hydrogen-bond donors (Lipinski definition) is 0. The van der Waals surface area contributed by atoms with Gasteiger partial charge in [0.15, 0.2) is 0 Å². The molecular weight excluding hydrogens is 269 g/mol. The summed E-state index contributed by atoms with van der Waals surface area (Å²) in [5.74, 6) is -0.664. The molecule has 1 aromatic rings. The summed E-state index contributed by atoms with van der Waals surface area (Å²) in [6, 6.07) is 3.55. The molecule has 1 unspecified atom stereocenters. The first-order valence-corrected chi connectivity index (χ1v) is 7.65. The Bertz CT molecular complexity index is 465. The van der Waals surface area contributed by atoms with E-state index < -0.39 is 17.2 Å². The van der Waals surface area contributed by atoms with Gasteiger partial charge in [-0.2, -0.15) is 0 Å². The molecule has 1 atom stereocenters. The normalized spacial score (nSPS) is 14.1. The molecule has 0 heterocycles. The Morgan fingerprint density at radius 2 is 1.57 bits per heavy atom. The van der Waals surface area contributed by atoms with E-state index in [9.17, 15) is 8.78 Å². The summed E-state index contributed by atoms with van der Waals surface area (Å²) in [6.07, 6.45) is 1.06. The highest BCUT2D eigenvalue weighted by Crippen LogP contribution is 2.42. The van der Waals surface area contributed by atoms with Crippen LogP contribution in [0, 0.1) is 23.0 Å². The van der Waals surface area contributed by atoms with E-state index in [1.165, 1.54) is 12.1 Å². The highest BCUT2D eigenvalue weighted by Gasteiger charge is 2.42. The Morgan fingerprint density at radius 3 is 2.00 bits per heavy atom. The lowest BCUT2D eigenvalue weighted by molar-refractivity contribution is -0.0451. The first kappa shape index (κ1) is 18.2. The van der Waals surface area contributed by atoms with Gasteiger partial charge in [0.25, 0.3) is 0 Å². The third kappa shape index (κ3) is 4.06. The molecular formula is C17H27BF2O. The molecule has 0 radical (unpaired) electrons. The van der Waals surface area contributed by atoms with Crippen molar-refractivity contribution in [2.45, 2.75) is 60.4 Å². The molecule has 0 spiro atoms. The van der Waals surface area contributed by atoms with Crippen LogP contribution in [-0.4, -0.2) is 12.5 Å². The summed E-state index contributed by atoms with van der Waals surface area (Å²) in [5, 5.41) is 0. The van der Waals surface area contributed by atoms with Crippen LogP contribution in [0.4, 0.5) is 8.78 Å². The van der Waals surface area contributed by atoms with Crippen LogP contribution in [-0.2, 0) is 4.65 Å². The van der Waals surface area contributed by atoms with Crippen LogP contribution >= 0.6 is 0 Å². The molecule has 0 bridgehead atoms. The summed E-state index contributed by atoms with van der Waals surface area (Å²) in [6.45, 7) is 14.3. The molecule has 0 saturated carbocycles. The average molecular weight is 296 g/mol. The Kier molecular flexibility index (Phi) is 5.60. The topological polar surface area (TPSA) is 9.23 Å². The standard InChI is InChI=1S/C17H27BF2O/c1-8-12(2)16(3,4)17(5,6)21-18(7)13-9-14(19)11-15(20)10-13/h9-12H,8H2,1-7H3. The molecule has 0 aromatic heterocycles. The quantitative estimate of drug-likeness (QED) is 0.694. The van der Waals surface area contributed by atoms with E-state index in [2.05, 4.69) is 27.7 Å². The van der Waals surface area contributed by atoms with E-state index in [1.54, 1.807) is 0 Å². The maximum atomic E-state index is 13.3. The fourth-order valence-corrected chi connectivity index (χ4v) is 2.58. The summed E-state index contributed by atoms with van der Waals surface area (Å²) in [5.41, 5.74) is 0.0625. The van der Waals surface area contributed by atoms with Crippen molar-refractivity contribution < 1.29 is 13.4 Å². The van der Waals surface area contributed by atoms with Gasteiger partial charge in [0, 0.05) is 6.07 Å². The van der Waals surface area contributed by atoms with Gasteiger partial charge in [-0.3, -0.25) is 0 Å². The zero-order valence-electron chi connectivity index (χ0n) is 14.3.